The summed E-state index contributed by atoms with van der Waals surface area (Å²) in [7, 11) is 1.82. The second-order valence-electron chi connectivity index (χ2n) is 7.44. The lowest BCUT2D eigenvalue weighted by molar-refractivity contribution is 0.0781. The lowest BCUT2D eigenvalue weighted by Crippen LogP contribution is -2.28. The van der Waals surface area contributed by atoms with Gasteiger partial charge in [-0.2, -0.15) is 4.52 Å². The molecule has 7 heteroatoms. The SMILES string of the molecule is CCCCN(C)C(=O)c1nc2c3c4c(sc3nc(C)n2n1)CCC(C)C4. The molecule has 0 aliphatic heterocycles. The van der Waals surface area contributed by atoms with Gasteiger partial charge in [0.25, 0.3) is 5.91 Å². The summed E-state index contributed by atoms with van der Waals surface area (Å²) in [6.07, 6.45) is 5.44. The Kier molecular flexibility index (Phi) is 4.42. The smallest absolute Gasteiger partial charge is 0.293 e. The van der Waals surface area contributed by atoms with Gasteiger partial charge in [-0.3, -0.25) is 4.79 Å². The van der Waals surface area contributed by atoms with Crippen LogP contribution in [0, 0.1) is 12.8 Å². The van der Waals surface area contributed by atoms with E-state index in [2.05, 4.69) is 23.9 Å². The van der Waals surface area contributed by atoms with Crippen molar-refractivity contribution in [3.8, 4) is 0 Å². The molecule has 0 bridgehead atoms. The third kappa shape index (κ3) is 2.78. The van der Waals surface area contributed by atoms with Crippen molar-refractivity contribution in [2.45, 2.75) is 52.9 Å². The maximum absolute atomic E-state index is 12.7. The molecule has 0 fully saturated rings. The van der Waals surface area contributed by atoms with Gasteiger partial charge in [0.15, 0.2) is 5.65 Å². The number of nitrogens with zero attached hydrogens (tertiary/aromatic N) is 5. The van der Waals surface area contributed by atoms with Crippen molar-refractivity contribution in [3.05, 3.63) is 22.1 Å². The van der Waals surface area contributed by atoms with E-state index in [1.807, 2.05) is 14.0 Å². The van der Waals surface area contributed by atoms with Crippen molar-refractivity contribution in [2.75, 3.05) is 13.6 Å². The summed E-state index contributed by atoms with van der Waals surface area (Å²) >= 11 is 1.78. The Morgan fingerprint density at radius 2 is 2.19 bits per heavy atom. The number of amides is 1. The van der Waals surface area contributed by atoms with Crippen LogP contribution in [0.3, 0.4) is 0 Å². The van der Waals surface area contributed by atoms with E-state index < -0.39 is 0 Å². The zero-order valence-corrected chi connectivity index (χ0v) is 16.7. The summed E-state index contributed by atoms with van der Waals surface area (Å²) in [5.41, 5.74) is 2.15. The van der Waals surface area contributed by atoms with Gasteiger partial charge in [0.1, 0.15) is 10.7 Å². The molecule has 1 aliphatic rings. The molecule has 3 aromatic rings. The van der Waals surface area contributed by atoms with E-state index in [-0.39, 0.29) is 11.7 Å². The van der Waals surface area contributed by atoms with Crippen molar-refractivity contribution in [2.24, 2.45) is 5.92 Å². The number of carbonyl (C=O) groups is 1. The van der Waals surface area contributed by atoms with Crippen molar-refractivity contribution in [3.63, 3.8) is 0 Å². The van der Waals surface area contributed by atoms with Crippen LogP contribution in [0.1, 0.15) is 60.0 Å². The Bertz CT molecular complexity index is 989. The number of thiophene rings is 1. The molecule has 3 aromatic heterocycles. The summed E-state index contributed by atoms with van der Waals surface area (Å²) in [6, 6.07) is 0. The number of unbranched alkanes of at least 4 members (excludes halogenated alkanes) is 1. The largest absolute Gasteiger partial charge is 0.339 e. The van der Waals surface area contributed by atoms with Crippen LogP contribution in [0.5, 0.6) is 0 Å². The molecule has 1 amide bonds. The molecule has 26 heavy (non-hydrogen) atoms. The fourth-order valence-corrected chi connectivity index (χ4v) is 4.96. The Hall–Kier alpha value is -2.02. The van der Waals surface area contributed by atoms with Crippen molar-refractivity contribution < 1.29 is 4.79 Å². The molecular weight excluding hydrogens is 346 g/mol. The molecule has 0 saturated heterocycles. The van der Waals surface area contributed by atoms with E-state index in [0.717, 1.165) is 53.9 Å². The minimum absolute atomic E-state index is 0.118. The van der Waals surface area contributed by atoms with Crippen LogP contribution in [0.15, 0.2) is 0 Å². The molecule has 0 spiro atoms. The van der Waals surface area contributed by atoms with Crippen LogP contribution in [-0.4, -0.2) is 44.0 Å². The monoisotopic (exact) mass is 371 g/mol. The number of aromatic nitrogens is 4. The topological polar surface area (TPSA) is 63.4 Å². The summed E-state index contributed by atoms with van der Waals surface area (Å²) in [5.74, 6) is 1.60. The summed E-state index contributed by atoms with van der Waals surface area (Å²) in [4.78, 5) is 26.3. The number of carbonyl (C=O) groups excluding carboxylic acids is 1. The lowest BCUT2D eigenvalue weighted by atomic mass is 9.89. The van der Waals surface area contributed by atoms with Crippen LogP contribution in [0.25, 0.3) is 15.9 Å². The molecule has 1 aliphatic carbocycles. The highest BCUT2D eigenvalue weighted by atomic mass is 32.1. The second-order valence-corrected chi connectivity index (χ2v) is 8.53. The number of hydrogen-bond acceptors (Lipinski definition) is 5. The van der Waals surface area contributed by atoms with Crippen LogP contribution in [0.2, 0.25) is 0 Å². The number of rotatable bonds is 4. The molecule has 1 unspecified atom stereocenters. The van der Waals surface area contributed by atoms with Gasteiger partial charge in [0.05, 0.1) is 5.39 Å². The first-order valence-corrected chi connectivity index (χ1v) is 10.2. The van der Waals surface area contributed by atoms with E-state index in [9.17, 15) is 4.79 Å². The van der Waals surface area contributed by atoms with Crippen LogP contribution in [0.4, 0.5) is 0 Å². The highest BCUT2D eigenvalue weighted by molar-refractivity contribution is 7.19. The van der Waals surface area contributed by atoms with Crippen molar-refractivity contribution in [1.29, 1.82) is 0 Å². The number of fused-ring (bicyclic) bond motifs is 5. The van der Waals surface area contributed by atoms with Gasteiger partial charge < -0.3 is 4.90 Å². The van der Waals surface area contributed by atoms with Gasteiger partial charge in [-0.25, -0.2) is 9.97 Å². The van der Waals surface area contributed by atoms with Crippen molar-refractivity contribution in [1.82, 2.24) is 24.5 Å². The summed E-state index contributed by atoms with van der Waals surface area (Å²) < 4.78 is 1.75. The standard InChI is InChI=1S/C19H25N5OS/c1-5-6-9-23(4)19(25)16-21-17-15-13-10-11(2)7-8-14(13)26-18(15)20-12(3)24(17)22-16/h11H,5-10H2,1-4H3. The normalized spacial score (nSPS) is 17.0. The predicted molar refractivity (Wildman–Crippen MR) is 104 cm³/mol. The predicted octanol–water partition coefficient (Wildman–Crippen LogP) is 3.64. The Balaban J connectivity index is 1.84. The average molecular weight is 372 g/mol. The summed E-state index contributed by atoms with van der Waals surface area (Å²) in [6.45, 7) is 7.07. The Morgan fingerprint density at radius 1 is 1.38 bits per heavy atom. The van der Waals surface area contributed by atoms with E-state index in [1.165, 1.54) is 16.9 Å². The third-order valence-corrected chi connectivity index (χ3v) is 6.46. The highest BCUT2D eigenvalue weighted by Gasteiger charge is 2.26. The minimum Gasteiger partial charge on any atom is -0.339 e. The Morgan fingerprint density at radius 3 is 2.96 bits per heavy atom. The van der Waals surface area contributed by atoms with Gasteiger partial charge in [0, 0.05) is 18.5 Å². The molecule has 3 heterocycles. The quantitative estimate of drug-likeness (QED) is 0.702. The molecule has 0 radical (unpaired) electrons. The van der Waals surface area contributed by atoms with Crippen LogP contribution in [-0.2, 0) is 12.8 Å². The lowest BCUT2D eigenvalue weighted by Gasteiger charge is -2.17. The third-order valence-electron chi connectivity index (χ3n) is 5.27. The van der Waals surface area contributed by atoms with Crippen molar-refractivity contribution >= 4 is 33.1 Å². The zero-order valence-electron chi connectivity index (χ0n) is 15.9. The zero-order chi connectivity index (χ0) is 18.4. The van der Waals surface area contributed by atoms with Gasteiger partial charge in [0.2, 0.25) is 5.82 Å². The van der Waals surface area contributed by atoms with Crippen LogP contribution >= 0.6 is 11.3 Å². The van der Waals surface area contributed by atoms with E-state index in [4.69, 9.17) is 4.98 Å². The maximum atomic E-state index is 12.7. The molecule has 138 valence electrons. The van der Waals surface area contributed by atoms with E-state index in [1.54, 1.807) is 20.8 Å². The second kappa shape index (κ2) is 6.61. The van der Waals surface area contributed by atoms with Crippen LogP contribution < -0.4 is 0 Å². The molecule has 0 N–H and O–H groups in total. The number of hydrogen-bond donors (Lipinski definition) is 0. The highest BCUT2D eigenvalue weighted by Crippen LogP contribution is 2.39. The molecule has 0 aromatic carbocycles. The fourth-order valence-electron chi connectivity index (χ4n) is 3.70. The Labute approximate surface area is 157 Å². The summed E-state index contributed by atoms with van der Waals surface area (Å²) in [5, 5.41) is 5.60. The first-order valence-electron chi connectivity index (χ1n) is 9.42. The first kappa shape index (κ1) is 17.4. The minimum atomic E-state index is -0.118. The van der Waals surface area contributed by atoms with Gasteiger partial charge in [-0.1, -0.05) is 20.3 Å². The average Bonchev–Trinajstić information content (AvgIpc) is 3.20. The molecule has 6 nitrogen and oxygen atoms in total. The maximum Gasteiger partial charge on any atom is 0.293 e. The van der Waals surface area contributed by atoms with Gasteiger partial charge in [-0.05, 0) is 44.1 Å². The molecule has 1 atom stereocenters. The number of aryl methyl sites for hydroxylation is 2. The molecule has 0 saturated carbocycles. The van der Waals surface area contributed by atoms with E-state index >= 15 is 0 Å². The fraction of sp³-hybridized carbons (Fsp3) is 0.579. The van der Waals surface area contributed by atoms with E-state index in [0.29, 0.717) is 5.92 Å². The van der Waals surface area contributed by atoms with Gasteiger partial charge in [-0.15, -0.1) is 16.4 Å². The molecular formula is C19H25N5OS. The first-order chi connectivity index (χ1) is 12.5. The molecule has 4 rings (SSSR count). The van der Waals surface area contributed by atoms with Gasteiger partial charge >= 0.3 is 0 Å².